The third kappa shape index (κ3) is 2.38. The Labute approximate surface area is 115 Å². The van der Waals surface area contributed by atoms with Crippen LogP contribution < -0.4 is 5.73 Å². The molecule has 2 aromatic heterocycles. The lowest BCUT2D eigenvalue weighted by Crippen LogP contribution is -2.07. The van der Waals surface area contributed by atoms with E-state index in [4.69, 9.17) is 5.73 Å². The summed E-state index contributed by atoms with van der Waals surface area (Å²) in [6, 6.07) is 1.91. The molecule has 0 amide bonds. The van der Waals surface area contributed by atoms with Crippen molar-refractivity contribution in [1.82, 2.24) is 19.7 Å². The van der Waals surface area contributed by atoms with Crippen molar-refractivity contribution in [3.63, 3.8) is 0 Å². The second kappa shape index (κ2) is 5.48. The second-order valence-corrected chi connectivity index (χ2v) is 4.78. The van der Waals surface area contributed by atoms with Gasteiger partial charge in [0.25, 0.3) is 0 Å². The highest BCUT2D eigenvalue weighted by molar-refractivity contribution is 9.10. The SMILES string of the molecule is CCCn1nccc1-c1nc(N)c(Br)c(CC)n1. The molecular weight excluding hydrogens is 294 g/mol. The third-order valence-corrected chi connectivity index (χ3v) is 3.53. The molecule has 2 heterocycles. The standard InChI is InChI=1S/C12H16BrN5/c1-3-7-18-9(5-6-15-18)12-16-8(4-2)10(13)11(14)17-12/h5-6H,3-4,7H2,1-2H3,(H2,14,16,17). The lowest BCUT2D eigenvalue weighted by Gasteiger charge is -2.09. The summed E-state index contributed by atoms with van der Waals surface area (Å²) >= 11 is 3.41. The average Bonchev–Trinajstić information content (AvgIpc) is 2.81. The molecular formula is C12H16BrN5. The fourth-order valence-corrected chi connectivity index (χ4v) is 2.23. The molecule has 6 heteroatoms. The van der Waals surface area contributed by atoms with E-state index in [9.17, 15) is 0 Å². The number of rotatable bonds is 4. The van der Waals surface area contributed by atoms with Gasteiger partial charge in [-0.2, -0.15) is 5.10 Å². The van der Waals surface area contributed by atoms with Crippen LogP contribution in [-0.4, -0.2) is 19.7 Å². The minimum atomic E-state index is 0.473. The molecule has 0 unspecified atom stereocenters. The van der Waals surface area contributed by atoms with Crippen molar-refractivity contribution in [3.8, 4) is 11.5 Å². The fraction of sp³-hybridized carbons (Fsp3) is 0.417. The van der Waals surface area contributed by atoms with Gasteiger partial charge < -0.3 is 5.73 Å². The molecule has 2 N–H and O–H groups in total. The predicted molar refractivity (Wildman–Crippen MR) is 75.0 cm³/mol. The van der Waals surface area contributed by atoms with Crippen LogP contribution in [0.1, 0.15) is 26.0 Å². The molecule has 0 fully saturated rings. The maximum absolute atomic E-state index is 5.90. The van der Waals surface area contributed by atoms with Gasteiger partial charge in [-0.25, -0.2) is 9.97 Å². The van der Waals surface area contributed by atoms with Crippen molar-refractivity contribution < 1.29 is 0 Å². The predicted octanol–water partition coefficient (Wildman–Crippen LogP) is 2.66. The van der Waals surface area contributed by atoms with Crippen LogP contribution in [0.25, 0.3) is 11.5 Å². The van der Waals surface area contributed by atoms with Gasteiger partial charge in [0.2, 0.25) is 0 Å². The Morgan fingerprint density at radius 3 is 2.78 bits per heavy atom. The van der Waals surface area contributed by atoms with Gasteiger partial charge in [-0.3, -0.25) is 4.68 Å². The van der Waals surface area contributed by atoms with Crippen LogP contribution in [0, 0.1) is 0 Å². The van der Waals surface area contributed by atoms with E-state index in [-0.39, 0.29) is 0 Å². The van der Waals surface area contributed by atoms with E-state index in [1.165, 1.54) is 0 Å². The molecule has 0 saturated carbocycles. The highest BCUT2D eigenvalue weighted by Gasteiger charge is 2.13. The quantitative estimate of drug-likeness (QED) is 0.942. The zero-order valence-electron chi connectivity index (χ0n) is 10.5. The van der Waals surface area contributed by atoms with Crippen LogP contribution in [0.4, 0.5) is 5.82 Å². The Bertz CT molecular complexity index is 549. The molecule has 5 nitrogen and oxygen atoms in total. The summed E-state index contributed by atoms with van der Waals surface area (Å²) in [5.41, 5.74) is 7.73. The van der Waals surface area contributed by atoms with Gasteiger partial charge in [0.05, 0.1) is 10.2 Å². The first-order valence-electron chi connectivity index (χ1n) is 6.01. The molecule has 0 radical (unpaired) electrons. The zero-order chi connectivity index (χ0) is 13.1. The van der Waals surface area contributed by atoms with Gasteiger partial charge in [-0.15, -0.1) is 0 Å². The van der Waals surface area contributed by atoms with Gasteiger partial charge >= 0.3 is 0 Å². The van der Waals surface area contributed by atoms with E-state index < -0.39 is 0 Å². The fourth-order valence-electron chi connectivity index (χ4n) is 1.77. The first-order chi connectivity index (χ1) is 8.67. The summed E-state index contributed by atoms with van der Waals surface area (Å²) in [6.45, 7) is 5.00. The van der Waals surface area contributed by atoms with Crippen molar-refractivity contribution >= 4 is 21.7 Å². The number of nitrogen functional groups attached to an aromatic ring is 1. The van der Waals surface area contributed by atoms with E-state index in [1.54, 1.807) is 6.20 Å². The van der Waals surface area contributed by atoms with Crippen LogP contribution >= 0.6 is 15.9 Å². The molecule has 0 aliphatic carbocycles. The van der Waals surface area contributed by atoms with E-state index >= 15 is 0 Å². The van der Waals surface area contributed by atoms with E-state index in [2.05, 4.69) is 37.9 Å². The van der Waals surface area contributed by atoms with Crippen molar-refractivity contribution in [1.29, 1.82) is 0 Å². The molecule has 0 aliphatic heterocycles. The summed E-state index contributed by atoms with van der Waals surface area (Å²) < 4.78 is 2.69. The topological polar surface area (TPSA) is 69.6 Å². The summed E-state index contributed by atoms with van der Waals surface area (Å²) in [5.74, 6) is 1.11. The zero-order valence-corrected chi connectivity index (χ0v) is 12.1. The van der Waals surface area contributed by atoms with Crippen molar-refractivity contribution in [2.45, 2.75) is 33.2 Å². The maximum Gasteiger partial charge on any atom is 0.180 e. The first kappa shape index (κ1) is 13.0. The van der Waals surface area contributed by atoms with Gasteiger partial charge in [0, 0.05) is 12.7 Å². The third-order valence-electron chi connectivity index (χ3n) is 2.66. The van der Waals surface area contributed by atoms with Crippen LogP contribution in [-0.2, 0) is 13.0 Å². The number of anilines is 1. The Balaban J connectivity index is 2.50. The lowest BCUT2D eigenvalue weighted by molar-refractivity contribution is 0.606. The molecule has 2 aromatic rings. The number of nitrogens with zero attached hydrogens (tertiary/aromatic N) is 4. The number of hydrogen-bond donors (Lipinski definition) is 1. The van der Waals surface area contributed by atoms with E-state index in [1.807, 2.05) is 17.7 Å². The molecule has 96 valence electrons. The molecule has 0 saturated heterocycles. The summed E-state index contributed by atoms with van der Waals surface area (Å²) in [7, 11) is 0. The number of aromatic nitrogens is 4. The second-order valence-electron chi connectivity index (χ2n) is 3.99. The number of halogens is 1. The molecule has 2 rings (SSSR count). The molecule has 0 aromatic carbocycles. The lowest BCUT2D eigenvalue weighted by atomic mass is 10.3. The molecule has 0 atom stereocenters. The highest BCUT2D eigenvalue weighted by Crippen LogP contribution is 2.25. The van der Waals surface area contributed by atoms with Crippen LogP contribution in [0.2, 0.25) is 0 Å². The Hall–Kier alpha value is -1.43. The maximum atomic E-state index is 5.90. The Morgan fingerprint density at radius 2 is 2.11 bits per heavy atom. The van der Waals surface area contributed by atoms with E-state index in [0.29, 0.717) is 11.6 Å². The van der Waals surface area contributed by atoms with Crippen LogP contribution in [0.15, 0.2) is 16.7 Å². The van der Waals surface area contributed by atoms with Crippen LogP contribution in [0.3, 0.4) is 0 Å². The molecule has 0 aliphatic rings. The average molecular weight is 310 g/mol. The largest absolute Gasteiger partial charge is 0.383 e. The van der Waals surface area contributed by atoms with Crippen LogP contribution in [0.5, 0.6) is 0 Å². The normalized spacial score (nSPS) is 10.8. The molecule has 18 heavy (non-hydrogen) atoms. The number of hydrogen-bond acceptors (Lipinski definition) is 4. The molecule has 0 spiro atoms. The van der Waals surface area contributed by atoms with Gasteiger partial charge in [-0.1, -0.05) is 13.8 Å². The van der Waals surface area contributed by atoms with Crippen molar-refractivity contribution in [3.05, 3.63) is 22.4 Å². The van der Waals surface area contributed by atoms with Crippen molar-refractivity contribution in [2.24, 2.45) is 0 Å². The Morgan fingerprint density at radius 1 is 1.33 bits per heavy atom. The Kier molecular flexibility index (Phi) is 3.96. The van der Waals surface area contributed by atoms with Crippen molar-refractivity contribution in [2.75, 3.05) is 5.73 Å². The monoisotopic (exact) mass is 309 g/mol. The number of nitrogens with two attached hydrogens (primary N) is 1. The molecule has 0 bridgehead atoms. The summed E-state index contributed by atoms with van der Waals surface area (Å²) in [5, 5.41) is 4.27. The minimum Gasteiger partial charge on any atom is -0.383 e. The van der Waals surface area contributed by atoms with Gasteiger partial charge in [0.15, 0.2) is 5.82 Å². The summed E-state index contributed by atoms with van der Waals surface area (Å²) in [6.07, 6.45) is 3.59. The van der Waals surface area contributed by atoms with Gasteiger partial charge in [0.1, 0.15) is 11.5 Å². The minimum absolute atomic E-state index is 0.473. The van der Waals surface area contributed by atoms with Gasteiger partial charge in [-0.05, 0) is 34.8 Å². The number of aryl methyl sites for hydroxylation is 2. The first-order valence-corrected chi connectivity index (χ1v) is 6.80. The summed E-state index contributed by atoms with van der Waals surface area (Å²) in [4.78, 5) is 8.86. The van der Waals surface area contributed by atoms with E-state index in [0.717, 1.165) is 35.2 Å². The smallest absolute Gasteiger partial charge is 0.180 e. The highest BCUT2D eigenvalue weighted by atomic mass is 79.9.